The molecule has 0 bridgehead atoms. The Morgan fingerprint density at radius 2 is 1.39 bits per heavy atom. The normalized spacial score (nSPS) is 10.9. The van der Waals surface area contributed by atoms with Gasteiger partial charge in [0.15, 0.2) is 6.61 Å². The number of hydrogen-bond acceptors (Lipinski definition) is 5. The third-order valence-corrected chi connectivity index (χ3v) is 4.16. The lowest BCUT2D eigenvalue weighted by Crippen LogP contribution is -2.46. The Morgan fingerprint density at radius 1 is 0.857 bits per heavy atom. The fourth-order valence-corrected chi connectivity index (χ4v) is 2.61. The van der Waals surface area contributed by atoms with Crippen molar-refractivity contribution in [1.29, 1.82) is 0 Å². The monoisotopic (exact) mass is 383 g/mol. The molecule has 0 atom stereocenters. The smallest absolute Gasteiger partial charge is 0.338 e. The summed E-state index contributed by atoms with van der Waals surface area (Å²) in [7, 11) is 1.28. The average Bonchev–Trinajstić information content (AvgIpc) is 2.69. The fourth-order valence-electron chi connectivity index (χ4n) is 2.61. The van der Waals surface area contributed by atoms with Crippen LogP contribution < -0.4 is 0 Å². The molecule has 0 fully saturated rings. The van der Waals surface area contributed by atoms with E-state index in [0.29, 0.717) is 12.1 Å². The third kappa shape index (κ3) is 5.67. The van der Waals surface area contributed by atoms with E-state index in [9.17, 15) is 14.4 Å². The summed E-state index contributed by atoms with van der Waals surface area (Å²) in [6.45, 7) is 5.86. The van der Waals surface area contributed by atoms with Crippen molar-refractivity contribution in [3.8, 4) is 0 Å². The summed E-state index contributed by atoms with van der Waals surface area (Å²) < 4.78 is 9.80. The largest absolute Gasteiger partial charge is 0.465 e. The summed E-state index contributed by atoms with van der Waals surface area (Å²) in [5, 5.41) is 0. The molecule has 0 saturated heterocycles. The molecule has 1 amide bonds. The maximum atomic E-state index is 12.7. The molecule has 6 nitrogen and oxygen atoms in total. The standard InChI is InChI=1S/C22H25NO5/c1-22(2,3)23(14-16-8-6-5-7-9-16)19(24)15-28-21(26)18-12-10-17(11-13-18)20(25)27-4/h5-13H,14-15H2,1-4H3. The van der Waals surface area contributed by atoms with E-state index in [0.717, 1.165) is 5.56 Å². The number of methoxy groups -OCH3 is 1. The van der Waals surface area contributed by atoms with Crippen LogP contribution in [0.15, 0.2) is 54.6 Å². The van der Waals surface area contributed by atoms with Crippen LogP contribution in [0.3, 0.4) is 0 Å². The molecular formula is C22H25NO5. The van der Waals surface area contributed by atoms with Gasteiger partial charge in [0.25, 0.3) is 5.91 Å². The van der Waals surface area contributed by atoms with Gasteiger partial charge in [-0.1, -0.05) is 30.3 Å². The van der Waals surface area contributed by atoms with Crippen molar-refractivity contribution in [2.45, 2.75) is 32.9 Å². The lowest BCUT2D eigenvalue weighted by molar-refractivity contribution is -0.140. The van der Waals surface area contributed by atoms with E-state index >= 15 is 0 Å². The van der Waals surface area contributed by atoms with E-state index in [1.54, 1.807) is 4.90 Å². The van der Waals surface area contributed by atoms with Crippen molar-refractivity contribution in [1.82, 2.24) is 4.90 Å². The lowest BCUT2D eigenvalue weighted by atomic mass is 10.0. The number of carbonyl (C=O) groups excluding carboxylic acids is 3. The Labute approximate surface area is 165 Å². The second-order valence-corrected chi connectivity index (χ2v) is 7.28. The predicted octanol–water partition coefficient (Wildman–Crippen LogP) is 3.46. The number of esters is 2. The summed E-state index contributed by atoms with van der Waals surface area (Å²) in [5.41, 5.74) is 1.15. The molecule has 0 aliphatic heterocycles. The first-order valence-corrected chi connectivity index (χ1v) is 8.92. The summed E-state index contributed by atoms with van der Waals surface area (Å²) in [6, 6.07) is 15.5. The number of nitrogens with zero attached hydrogens (tertiary/aromatic N) is 1. The van der Waals surface area contributed by atoms with Crippen molar-refractivity contribution >= 4 is 17.8 Å². The predicted molar refractivity (Wildman–Crippen MR) is 105 cm³/mol. The van der Waals surface area contributed by atoms with Crippen molar-refractivity contribution in [2.24, 2.45) is 0 Å². The van der Waals surface area contributed by atoms with E-state index in [4.69, 9.17) is 4.74 Å². The molecule has 6 heteroatoms. The van der Waals surface area contributed by atoms with Crippen molar-refractivity contribution in [3.05, 3.63) is 71.3 Å². The molecule has 2 rings (SSSR count). The molecule has 0 saturated carbocycles. The second kappa shape index (κ2) is 9.17. The minimum Gasteiger partial charge on any atom is -0.465 e. The van der Waals surface area contributed by atoms with Gasteiger partial charge in [0.2, 0.25) is 0 Å². The molecule has 2 aromatic rings. The molecule has 0 N–H and O–H groups in total. The van der Waals surface area contributed by atoms with Crippen LogP contribution in [0.25, 0.3) is 0 Å². The number of carbonyl (C=O) groups is 3. The van der Waals surface area contributed by atoms with Gasteiger partial charge in [-0.3, -0.25) is 4.79 Å². The highest BCUT2D eigenvalue weighted by Gasteiger charge is 2.27. The Bertz CT molecular complexity index is 822. The first-order valence-electron chi connectivity index (χ1n) is 8.92. The van der Waals surface area contributed by atoms with Crippen LogP contribution in [-0.4, -0.2) is 42.0 Å². The van der Waals surface area contributed by atoms with Crippen LogP contribution in [0, 0.1) is 0 Å². The molecule has 0 spiro atoms. The molecule has 28 heavy (non-hydrogen) atoms. The third-order valence-electron chi connectivity index (χ3n) is 4.16. The highest BCUT2D eigenvalue weighted by Crippen LogP contribution is 2.18. The zero-order valence-electron chi connectivity index (χ0n) is 16.6. The average molecular weight is 383 g/mol. The van der Waals surface area contributed by atoms with Gasteiger partial charge in [0.05, 0.1) is 18.2 Å². The van der Waals surface area contributed by atoms with Crippen LogP contribution in [0.1, 0.15) is 47.1 Å². The number of hydrogen-bond donors (Lipinski definition) is 0. The number of benzene rings is 2. The Kier molecular flexibility index (Phi) is 6.93. The SMILES string of the molecule is COC(=O)c1ccc(C(=O)OCC(=O)N(Cc2ccccc2)C(C)(C)C)cc1. The van der Waals surface area contributed by atoms with Gasteiger partial charge in [-0.25, -0.2) is 9.59 Å². The molecule has 0 unspecified atom stereocenters. The highest BCUT2D eigenvalue weighted by atomic mass is 16.5. The van der Waals surface area contributed by atoms with E-state index < -0.39 is 17.5 Å². The summed E-state index contributed by atoms with van der Waals surface area (Å²) in [6.07, 6.45) is 0. The molecule has 0 heterocycles. The molecular weight excluding hydrogens is 358 g/mol. The first kappa shape index (κ1) is 21.2. The topological polar surface area (TPSA) is 72.9 Å². The van der Waals surface area contributed by atoms with Crippen LogP contribution in [-0.2, 0) is 20.8 Å². The van der Waals surface area contributed by atoms with E-state index in [1.807, 2.05) is 51.1 Å². The Morgan fingerprint density at radius 3 is 1.89 bits per heavy atom. The second-order valence-electron chi connectivity index (χ2n) is 7.28. The van der Waals surface area contributed by atoms with Gasteiger partial charge < -0.3 is 14.4 Å². The molecule has 0 aliphatic carbocycles. The maximum Gasteiger partial charge on any atom is 0.338 e. The summed E-state index contributed by atoms with van der Waals surface area (Å²) in [5.74, 6) is -1.40. The van der Waals surface area contributed by atoms with Crippen LogP contribution >= 0.6 is 0 Å². The van der Waals surface area contributed by atoms with Gasteiger partial charge in [-0.15, -0.1) is 0 Å². The van der Waals surface area contributed by atoms with E-state index in [-0.39, 0.29) is 18.1 Å². The molecule has 0 aliphatic rings. The zero-order valence-corrected chi connectivity index (χ0v) is 16.6. The maximum absolute atomic E-state index is 12.7. The highest BCUT2D eigenvalue weighted by molar-refractivity contribution is 5.94. The van der Waals surface area contributed by atoms with Gasteiger partial charge in [-0.05, 0) is 50.6 Å². The quantitative estimate of drug-likeness (QED) is 0.715. The van der Waals surface area contributed by atoms with Gasteiger partial charge in [0.1, 0.15) is 0 Å². The molecule has 148 valence electrons. The summed E-state index contributed by atoms with van der Waals surface area (Å²) in [4.78, 5) is 38.0. The molecule has 0 aromatic heterocycles. The minimum atomic E-state index is -0.627. The Hall–Kier alpha value is -3.15. The van der Waals surface area contributed by atoms with Crippen LogP contribution in [0.2, 0.25) is 0 Å². The van der Waals surface area contributed by atoms with Gasteiger partial charge in [0, 0.05) is 12.1 Å². The van der Waals surface area contributed by atoms with Gasteiger partial charge >= 0.3 is 11.9 Å². The Balaban J connectivity index is 2.01. The molecule has 0 radical (unpaired) electrons. The molecule has 2 aromatic carbocycles. The summed E-state index contributed by atoms with van der Waals surface area (Å²) >= 11 is 0. The number of ether oxygens (including phenoxy) is 2. The van der Waals surface area contributed by atoms with Crippen molar-refractivity contribution < 1.29 is 23.9 Å². The number of amides is 1. The van der Waals surface area contributed by atoms with Crippen molar-refractivity contribution in [3.63, 3.8) is 0 Å². The van der Waals surface area contributed by atoms with E-state index in [1.165, 1.54) is 31.4 Å². The number of rotatable bonds is 6. The van der Waals surface area contributed by atoms with Crippen molar-refractivity contribution in [2.75, 3.05) is 13.7 Å². The first-order chi connectivity index (χ1) is 13.2. The lowest BCUT2D eigenvalue weighted by Gasteiger charge is -2.35. The van der Waals surface area contributed by atoms with Gasteiger partial charge in [-0.2, -0.15) is 0 Å². The van der Waals surface area contributed by atoms with E-state index in [2.05, 4.69) is 4.74 Å². The minimum absolute atomic E-state index is 0.255. The van der Waals surface area contributed by atoms with Crippen LogP contribution in [0.5, 0.6) is 0 Å². The zero-order chi connectivity index (χ0) is 20.7. The fraction of sp³-hybridized carbons (Fsp3) is 0.318. The van der Waals surface area contributed by atoms with Crippen LogP contribution in [0.4, 0.5) is 0 Å².